The highest BCUT2D eigenvalue weighted by Crippen LogP contribution is 2.19. The van der Waals surface area contributed by atoms with Gasteiger partial charge < -0.3 is 4.74 Å². The number of pyridine rings is 1. The van der Waals surface area contributed by atoms with Gasteiger partial charge in [-0.05, 0) is 11.8 Å². The zero-order valence-corrected chi connectivity index (χ0v) is 12.6. The molecule has 0 saturated carbocycles. The summed E-state index contributed by atoms with van der Waals surface area (Å²) in [6.07, 6.45) is 5.28. The minimum atomic E-state index is 0.465. The Balaban J connectivity index is 1.83. The summed E-state index contributed by atoms with van der Waals surface area (Å²) in [6, 6.07) is 7.73. The van der Waals surface area contributed by atoms with Gasteiger partial charge in [0.25, 0.3) is 0 Å². The third kappa shape index (κ3) is 3.33. The van der Waals surface area contributed by atoms with E-state index in [-0.39, 0.29) is 0 Å². The monoisotopic (exact) mass is 300 g/mol. The van der Waals surface area contributed by atoms with Gasteiger partial charge in [0, 0.05) is 35.8 Å². The number of fused-ring (bicyclic) bond motifs is 1. The summed E-state index contributed by atoms with van der Waals surface area (Å²) in [5.74, 6) is 2.65. The zero-order chi connectivity index (χ0) is 14.5. The fourth-order valence-electron chi connectivity index (χ4n) is 1.96. The SMILES string of the molecule is CCSCc1cc(OCc2cccnc2)n2nccc2n1. The number of rotatable bonds is 6. The molecule has 0 radical (unpaired) electrons. The van der Waals surface area contributed by atoms with Crippen LogP contribution in [0.1, 0.15) is 18.2 Å². The Morgan fingerprint density at radius 3 is 3.05 bits per heavy atom. The highest BCUT2D eigenvalue weighted by atomic mass is 32.2. The molecule has 0 N–H and O–H groups in total. The van der Waals surface area contributed by atoms with Crippen LogP contribution in [0.2, 0.25) is 0 Å². The van der Waals surface area contributed by atoms with Crippen molar-refractivity contribution in [3.05, 3.63) is 54.1 Å². The molecule has 0 atom stereocenters. The van der Waals surface area contributed by atoms with Crippen LogP contribution < -0.4 is 4.74 Å². The number of aromatic nitrogens is 4. The second kappa shape index (κ2) is 6.58. The molecule has 3 aromatic rings. The Labute approximate surface area is 127 Å². The van der Waals surface area contributed by atoms with Crippen molar-refractivity contribution < 1.29 is 4.74 Å². The van der Waals surface area contributed by atoms with Crippen LogP contribution in [0.3, 0.4) is 0 Å². The average Bonchev–Trinajstić information content (AvgIpc) is 3.00. The van der Waals surface area contributed by atoms with Crippen molar-refractivity contribution in [1.29, 1.82) is 0 Å². The van der Waals surface area contributed by atoms with E-state index in [1.807, 2.05) is 36.0 Å². The van der Waals surface area contributed by atoms with Crippen molar-refractivity contribution in [2.45, 2.75) is 19.3 Å². The Morgan fingerprint density at radius 2 is 2.24 bits per heavy atom. The highest BCUT2D eigenvalue weighted by molar-refractivity contribution is 7.98. The van der Waals surface area contributed by atoms with Crippen molar-refractivity contribution in [2.75, 3.05) is 5.75 Å². The van der Waals surface area contributed by atoms with Crippen LogP contribution in [0.4, 0.5) is 0 Å². The number of thioether (sulfide) groups is 1. The molecular weight excluding hydrogens is 284 g/mol. The third-order valence-electron chi connectivity index (χ3n) is 2.94. The van der Waals surface area contributed by atoms with E-state index in [9.17, 15) is 0 Å². The first-order chi connectivity index (χ1) is 10.4. The standard InChI is InChI=1S/C15H16N4OS/c1-2-21-11-13-8-15(19-14(18-13)5-7-17-19)20-10-12-4-3-6-16-9-12/h3-9H,2,10-11H2,1H3. The number of hydrogen-bond donors (Lipinski definition) is 0. The number of nitrogens with zero attached hydrogens (tertiary/aromatic N) is 4. The Bertz CT molecular complexity index is 714. The van der Waals surface area contributed by atoms with Gasteiger partial charge in [-0.25, -0.2) is 4.98 Å². The molecule has 0 bridgehead atoms. The lowest BCUT2D eigenvalue weighted by Gasteiger charge is -2.09. The van der Waals surface area contributed by atoms with E-state index in [4.69, 9.17) is 4.74 Å². The van der Waals surface area contributed by atoms with Crippen molar-refractivity contribution in [3.63, 3.8) is 0 Å². The minimum absolute atomic E-state index is 0.465. The summed E-state index contributed by atoms with van der Waals surface area (Å²) in [5.41, 5.74) is 2.85. The lowest BCUT2D eigenvalue weighted by molar-refractivity contribution is 0.285. The Kier molecular flexibility index (Phi) is 4.35. The first-order valence-corrected chi connectivity index (χ1v) is 7.95. The number of ether oxygens (including phenoxy) is 1. The van der Waals surface area contributed by atoms with Crippen molar-refractivity contribution >= 4 is 17.4 Å². The van der Waals surface area contributed by atoms with Gasteiger partial charge in [0.15, 0.2) is 5.65 Å². The van der Waals surface area contributed by atoms with E-state index in [0.29, 0.717) is 12.5 Å². The van der Waals surface area contributed by atoms with E-state index in [2.05, 4.69) is 22.0 Å². The van der Waals surface area contributed by atoms with Gasteiger partial charge in [0.2, 0.25) is 5.88 Å². The van der Waals surface area contributed by atoms with E-state index in [0.717, 1.165) is 28.4 Å². The van der Waals surface area contributed by atoms with E-state index in [1.165, 1.54) is 0 Å². The molecule has 3 heterocycles. The Morgan fingerprint density at radius 1 is 1.29 bits per heavy atom. The topological polar surface area (TPSA) is 52.3 Å². The van der Waals surface area contributed by atoms with E-state index >= 15 is 0 Å². The maximum atomic E-state index is 5.90. The predicted octanol–water partition coefficient (Wildman–Crippen LogP) is 2.96. The quantitative estimate of drug-likeness (QED) is 0.700. The van der Waals surface area contributed by atoms with Crippen molar-refractivity contribution in [2.24, 2.45) is 0 Å². The molecule has 0 fully saturated rings. The lowest BCUT2D eigenvalue weighted by atomic mass is 10.3. The summed E-state index contributed by atoms with van der Waals surface area (Å²) in [7, 11) is 0. The van der Waals surface area contributed by atoms with Gasteiger partial charge >= 0.3 is 0 Å². The van der Waals surface area contributed by atoms with E-state index < -0.39 is 0 Å². The molecule has 21 heavy (non-hydrogen) atoms. The largest absolute Gasteiger partial charge is 0.473 e. The average molecular weight is 300 g/mol. The second-order valence-corrected chi connectivity index (χ2v) is 5.75. The summed E-state index contributed by atoms with van der Waals surface area (Å²) >= 11 is 1.84. The minimum Gasteiger partial charge on any atom is -0.473 e. The van der Waals surface area contributed by atoms with Crippen LogP contribution in [-0.2, 0) is 12.4 Å². The normalized spacial score (nSPS) is 10.9. The molecular formula is C15H16N4OS. The molecule has 0 unspecified atom stereocenters. The molecule has 0 aliphatic heterocycles. The van der Waals surface area contributed by atoms with Gasteiger partial charge in [-0.15, -0.1) is 0 Å². The maximum Gasteiger partial charge on any atom is 0.218 e. The van der Waals surface area contributed by atoms with Crippen LogP contribution in [-0.4, -0.2) is 25.3 Å². The molecule has 0 amide bonds. The van der Waals surface area contributed by atoms with Gasteiger partial charge in [-0.1, -0.05) is 13.0 Å². The molecule has 108 valence electrons. The molecule has 0 saturated heterocycles. The smallest absolute Gasteiger partial charge is 0.218 e. The molecule has 6 heteroatoms. The molecule has 0 spiro atoms. The van der Waals surface area contributed by atoms with Crippen LogP contribution in [0.5, 0.6) is 5.88 Å². The molecule has 3 rings (SSSR count). The van der Waals surface area contributed by atoms with Gasteiger partial charge in [-0.3, -0.25) is 4.98 Å². The first kappa shape index (κ1) is 13.9. The zero-order valence-electron chi connectivity index (χ0n) is 11.8. The van der Waals surface area contributed by atoms with Gasteiger partial charge in [0.1, 0.15) is 6.61 Å². The second-order valence-electron chi connectivity index (χ2n) is 4.47. The summed E-state index contributed by atoms with van der Waals surface area (Å²) < 4.78 is 7.61. The first-order valence-electron chi connectivity index (χ1n) is 6.80. The van der Waals surface area contributed by atoms with Gasteiger partial charge in [-0.2, -0.15) is 21.4 Å². The fraction of sp³-hybridized carbons (Fsp3) is 0.267. The maximum absolute atomic E-state index is 5.90. The Hall–Kier alpha value is -2.08. The summed E-state index contributed by atoms with van der Waals surface area (Å²) in [6.45, 7) is 2.61. The molecule has 3 aromatic heterocycles. The van der Waals surface area contributed by atoms with Crippen LogP contribution in [0.25, 0.3) is 5.65 Å². The lowest BCUT2D eigenvalue weighted by Crippen LogP contribution is -2.04. The van der Waals surface area contributed by atoms with Crippen molar-refractivity contribution in [3.8, 4) is 5.88 Å². The molecule has 0 aliphatic rings. The van der Waals surface area contributed by atoms with Gasteiger partial charge in [0.05, 0.1) is 11.9 Å². The summed E-state index contributed by atoms with van der Waals surface area (Å²) in [4.78, 5) is 8.66. The highest BCUT2D eigenvalue weighted by Gasteiger charge is 2.08. The predicted molar refractivity (Wildman–Crippen MR) is 83.4 cm³/mol. The van der Waals surface area contributed by atoms with E-state index in [1.54, 1.807) is 23.1 Å². The molecule has 0 aromatic carbocycles. The van der Waals surface area contributed by atoms with Crippen LogP contribution in [0.15, 0.2) is 42.9 Å². The third-order valence-corrected chi connectivity index (χ3v) is 3.85. The summed E-state index contributed by atoms with van der Waals surface area (Å²) in [5, 5.41) is 4.26. The van der Waals surface area contributed by atoms with Crippen LogP contribution in [0, 0.1) is 0 Å². The number of hydrogen-bond acceptors (Lipinski definition) is 5. The molecule has 0 aliphatic carbocycles. The van der Waals surface area contributed by atoms with Crippen LogP contribution >= 0.6 is 11.8 Å². The van der Waals surface area contributed by atoms with Crippen molar-refractivity contribution in [1.82, 2.24) is 19.6 Å². The molecule has 5 nitrogen and oxygen atoms in total. The fourth-order valence-corrected chi connectivity index (χ4v) is 2.52.